The number of furan rings is 1. The van der Waals surface area contributed by atoms with Crippen molar-refractivity contribution >= 4 is 16.8 Å². The zero-order chi connectivity index (χ0) is 18.1. The van der Waals surface area contributed by atoms with Gasteiger partial charge in [-0.15, -0.1) is 0 Å². The third kappa shape index (κ3) is 3.10. The number of carbonyl (C=O) groups excluding carboxylic acids is 1. The minimum absolute atomic E-state index is 0.0433. The minimum atomic E-state index is 0.0433. The van der Waals surface area contributed by atoms with Gasteiger partial charge < -0.3 is 15.1 Å². The minimum Gasteiger partial charge on any atom is -0.463 e. The van der Waals surface area contributed by atoms with E-state index in [9.17, 15) is 4.79 Å². The fourth-order valence-electron chi connectivity index (χ4n) is 3.70. The second-order valence-electron chi connectivity index (χ2n) is 7.06. The van der Waals surface area contributed by atoms with Crippen molar-refractivity contribution < 1.29 is 9.21 Å². The Kier molecular flexibility index (Phi) is 4.47. The van der Waals surface area contributed by atoms with Crippen LogP contribution in [0.4, 0.5) is 0 Å². The van der Waals surface area contributed by atoms with Crippen molar-refractivity contribution in [2.45, 2.75) is 25.8 Å². The molecule has 5 nitrogen and oxygen atoms in total. The molecule has 0 saturated carbocycles. The van der Waals surface area contributed by atoms with Gasteiger partial charge in [0.2, 0.25) is 0 Å². The van der Waals surface area contributed by atoms with Crippen LogP contribution in [0, 0.1) is 5.92 Å². The molecular weight excluding hydrogens is 326 g/mol. The van der Waals surface area contributed by atoms with Gasteiger partial charge in [-0.25, -0.2) is 4.98 Å². The van der Waals surface area contributed by atoms with Gasteiger partial charge in [0.15, 0.2) is 5.76 Å². The van der Waals surface area contributed by atoms with Crippen LogP contribution in [0.15, 0.2) is 53.1 Å². The lowest BCUT2D eigenvalue weighted by atomic mass is 9.91. The molecule has 3 aromatic rings. The SMILES string of the molecule is CC(N)C1CCCN(C(=O)c2cc(-c3ccco3)nc3ccccc23)C1. The fraction of sp³-hybridized carbons (Fsp3) is 0.333. The second-order valence-corrected chi connectivity index (χ2v) is 7.06. The Morgan fingerprint density at radius 3 is 2.92 bits per heavy atom. The van der Waals surface area contributed by atoms with Gasteiger partial charge in [0.25, 0.3) is 5.91 Å². The quantitative estimate of drug-likeness (QED) is 0.783. The maximum absolute atomic E-state index is 13.3. The largest absolute Gasteiger partial charge is 0.463 e. The molecule has 0 aliphatic carbocycles. The van der Waals surface area contributed by atoms with E-state index in [1.807, 2.05) is 54.3 Å². The Hall–Kier alpha value is -2.66. The Morgan fingerprint density at radius 2 is 2.15 bits per heavy atom. The van der Waals surface area contributed by atoms with Crippen LogP contribution in [0.1, 0.15) is 30.1 Å². The lowest BCUT2D eigenvalue weighted by Gasteiger charge is -2.34. The molecule has 2 N–H and O–H groups in total. The first-order valence-electron chi connectivity index (χ1n) is 9.12. The molecule has 1 aromatic carbocycles. The summed E-state index contributed by atoms with van der Waals surface area (Å²) in [6.07, 6.45) is 3.69. The number of hydrogen-bond acceptors (Lipinski definition) is 4. The Morgan fingerprint density at radius 1 is 1.31 bits per heavy atom. The van der Waals surface area contributed by atoms with E-state index in [2.05, 4.69) is 4.98 Å². The van der Waals surface area contributed by atoms with Crippen LogP contribution in [0.3, 0.4) is 0 Å². The molecule has 2 aromatic heterocycles. The molecule has 26 heavy (non-hydrogen) atoms. The first-order valence-corrected chi connectivity index (χ1v) is 9.12. The number of amides is 1. The van der Waals surface area contributed by atoms with Crippen molar-refractivity contribution in [3.8, 4) is 11.5 Å². The number of carbonyl (C=O) groups is 1. The van der Waals surface area contributed by atoms with Crippen LogP contribution in [0.5, 0.6) is 0 Å². The van der Waals surface area contributed by atoms with Crippen LogP contribution in [0.25, 0.3) is 22.4 Å². The summed E-state index contributed by atoms with van der Waals surface area (Å²) >= 11 is 0. The average molecular weight is 349 g/mol. The fourth-order valence-corrected chi connectivity index (χ4v) is 3.70. The highest BCUT2D eigenvalue weighted by atomic mass is 16.3. The molecule has 0 radical (unpaired) electrons. The van der Waals surface area contributed by atoms with Gasteiger partial charge in [0.05, 0.1) is 17.3 Å². The van der Waals surface area contributed by atoms with Crippen LogP contribution >= 0.6 is 0 Å². The molecule has 1 aliphatic rings. The van der Waals surface area contributed by atoms with Crippen LogP contribution in [-0.4, -0.2) is 34.9 Å². The van der Waals surface area contributed by atoms with Gasteiger partial charge in [0, 0.05) is 24.5 Å². The van der Waals surface area contributed by atoms with E-state index in [1.165, 1.54) is 0 Å². The Balaban J connectivity index is 1.76. The monoisotopic (exact) mass is 349 g/mol. The molecule has 1 aliphatic heterocycles. The van der Waals surface area contributed by atoms with Crippen LogP contribution < -0.4 is 5.73 Å². The molecule has 134 valence electrons. The standard InChI is InChI=1S/C21H23N3O2/c1-14(22)15-6-4-10-24(13-15)21(25)17-12-19(20-9-5-11-26-20)23-18-8-3-2-7-16(17)18/h2-3,5,7-9,11-12,14-15H,4,6,10,13,22H2,1H3. The van der Waals surface area contributed by atoms with Crippen molar-refractivity contribution in [3.05, 3.63) is 54.3 Å². The highest BCUT2D eigenvalue weighted by Gasteiger charge is 2.28. The lowest BCUT2D eigenvalue weighted by Crippen LogP contribution is -2.45. The molecule has 3 heterocycles. The first kappa shape index (κ1) is 16.8. The van der Waals surface area contributed by atoms with E-state index >= 15 is 0 Å². The number of benzene rings is 1. The predicted molar refractivity (Wildman–Crippen MR) is 102 cm³/mol. The Labute approximate surface area is 152 Å². The van der Waals surface area contributed by atoms with Crippen molar-refractivity contribution in [1.82, 2.24) is 9.88 Å². The number of nitrogens with two attached hydrogens (primary N) is 1. The summed E-state index contributed by atoms with van der Waals surface area (Å²) in [4.78, 5) is 19.9. The van der Waals surface area contributed by atoms with Gasteiger partial charge >= 0.3 is 0 Å². The van der Waals surface area contributed by atoms with Gasteiger partial charge in [-0.1, -0.05) is 18.2 Å². The summed E-state index contributed by atoms with van der Waals surface area (Å²) in [7, 11) is 0. The number of para-hydroxylation sites is 1. The number of piperidine rings is 1. The summed E-state index contributed by atoms with van der Waals surface area (Å²) in [5, 5.41) is 0.871. The molecule has 0 bridgehead atoms. The zero-order valence-electron chi connectivity index (χ0n) is 14.9. The van der Waals surface area contributed by atoms with E-state index < -0.39 is 0 Å². The molecule has 2 atom stereocenters. The number of rotatable bonds is 3. The number of nitrogens with zero attached hydrogens (tertiary/aromatic N) is 2. The van der Waals surface area contributed by atoms with Gasteiger partial charge in [-0.2, -0.15) is 0 Å². The molecule has 1 saturated heterocycles. The third-order valence-electron chi connectivity index (χ3n) is 5.21. The van der Waals surface area contributed by atoms with E-state index in [1.54, 1.807) is 6.26 Å². The third-order valence-corrected chi connectivity index (χ3v) is 5.21. The number of fused-ring (bicyclic) bond motifs is 1. The zero-order valence-corrected chi connectivity index (χ0v) is 14.9. The molecule has 2 unspecified atom stereocenters. The maximum Gasteiger partial charge on any atom is 0.254 e. The van der Waals surface area contributed by atoms with Crippen molar-refractivity contribution in [2.75, 3.05) is 13.1 Å². The van der Waals surface area contributed by atoms with Crippen molar-refractivity contribution in [2.24, 2.45) is 11.7 Å². The second kappa shape index (κ2) is 6.92. The Bertz CT molecular complexity index is 918. The highest BCUT2D eigenvalue weighted by molar-refractivity contribution is 6.07. The van der Waals surface area contributed by atoms with Gasteiger partial charge in [-0.05, 0) is 49.9 Å². The summed E-state index contributed by atoms with van der Waals surface area (Å²) in [6, 6.07) is 13.4. The summed E-state index contributed by atoms with van der Waals surface area (Å²) in [5.41, 5.74) is 8.24. The van der Waals surface area contributed by atoms with Gasteiger partial charge in [0.1, 0.15) is 5.69 Å². The number of likely N-dealkylation sites (tertiary alicyclic amines) is 1. The van der Waals surface area contributed by atoms with E-state index in [0.717, 1.165) is 30.3 Å². The number of aromatic nitrogens is 1. The summed E-state index contributed by atoms with van der Waals surface area (Å²) < 4.78 is 5.49. The van der Waals surface area contributed by atoms with Gasteiger partial charge in [-0.3, -0.25) is 4.79 Å². The molecular formula is C21H23N3O2. The molecule has 0 spiro atoms. The van der Waals surface area contributed by atoms with Crippen molar-refractivity contribution in [3.63, 3.8) is 0 Å². The summed E-state index contributed by atoms with van der Waals surface area (Å²) in [6.45, 7) is 3.51. The average Bonchev–Trinajstić information content (AvgIpc) is 3.21. The highest BCUT2D eigenvalue weighted by Crippen LogP contribution is 2.28. The normalized spacial score (nSPS) is 18.8. The van der Waals surface area contributed by atoms with Crippen LogP contribution in [0.2, 0.25) is 0 Å². The molecule has 4 rings (SSSR count). The van der Waals surface area contributed by atoms with Crippen LogP contribution in [-0.2, 0) is 0 Å². The first-order chi connectivity index (χ1) is 12.6. The van der Waals surface area contributed by atoms with E-state index in [-0.39, 0.29) is 11.9 Å². The summed E-state index contributed by atoms with van der Waals surface area (Å²) in [5.74, 6) is 1.06. The van der Waals surface area contributed by atoms with Crippen molar-refractivity contribution in [1.29, 1.82) is 0 Å². The van der Waals surface area contributed by atoms with E-state index in [0.29, 0.717) is 29.5 Å². The molecule has 5 heteroatoms. The molecule has 1 amide bonds. The number of hydrogen-bond donors (Lipinski definition) is 1. The lowest BCUT2D eigenvalue weighted by molar-refractivity contribution is 0.0663. The predicted octanol–water partition coefficient (Wildman–Crippen LogP) is 3.69. The topological polar surface area (TPSA) is 72.4 Å². The molecule has 1 fully saturated rings. The van der Waals surface area contributed by atoms with E-state index in [4.69, 9.17) is 10.2 Å². The smallest absolute Gasteiger partial charge is 0.254 e. The number of pyridine rings is 1. The maximum atomic E-state index is 13.3.